The number of benzene rings is 2. The average molecular weight is 660 g/mol. The minimum absolute atomic E-state index is 0.235. The minimum Gasteiger partial charge on any atom is -0.496 e. The van der Waals surface area contributed by atoms with Gasteiger partial charge in [0.15, 0.2) is 6.54 Å². The van der Waals surface area contributed by atoms with Crippen LogP contribution in [0.25, 0.3) is 16.3 Å². The van der Waals surface area contributed by atoms with Crippen molar-refractivity contribution in [2.45, 2.75) is 44.6 Å². The smallest absolute Gasteiger partial charge is 0.265 e. The molecular formula is C27H32ClN2O7S4+. The monoisotopic (exact) mass is 659 g/mol. The SMILES string of the molecule is CCC(/C=C1\Sc2ccc(Cl)cc2N1CCCS(=O)(=O)O)=C\c1sc2cc(OC)c(C)cc2[n+]1CCCS(=O)(=O)O. The molecule has 0 bridgehead atoms. The van der Waals surface area contributed by atoms with Crippen molar-refractivity contribution in [2.75, 3.05) is 30.1 Å². The van der Waals surface area contributed by atoms with E-state index in [-0.39, 0.29) is 24.3 Å². The lowest BCUT2D eigenvalue weighted by atomic mass is 10.1. The Hall–Kier alpha value is -2.13. The van der Waals surface area contributed by atoms with Crippen molar-refractivity contribution < 1.29 is 35.2 Å². The largest absolute Gasteiger partial charge is 0.496 e. The topological polar surface area (TPSA) is 125 Å². The molecular weight excluding hydrogens is 628 g/mol. The van der Waals surface area contributed by atoms with E-state index in [9.17, 15) is 25.9 Å². The van der Waals surface area contributed by atoms with Crippen LogP contribution in [-0.4, -0.2) is 51.1 Å². The molecule has 4 rings (SSSR count). The lowest BCUT2D eigenvalue weighted by Crippen LogP contribution is -2.36. The molecule has 0 fully saturated rings. The molecule has 1 aliphatic heterocycles. The Morgan fingerprint density at radius 2 is 1.80 bits per heavy atom. The van der Waals surface area contributed by atoms with E-state index in [4.69, 9.17) is 16.3 Å². The number of thioether (sulfide) groups is 1. The number of anilines is 1. The van der Waals surface area contributed by atoms with Gasteiger partial charge in [-0.1, -0.05) is 41.6 Å². The van der Waals surface area contributed by atoms with Gasteiger partial charge < -0.3 is 9.64 Å². The number of ether oxygens (including phenoxy) is 1. The molecule has 0 atom stereocenters. The third kappa shape index (κ3) is 8.25. The van der Waals surface area contributed by atoms with Crippen molar-refractivity contribution in [1.29, 1.82) is 0 Å². The van der Waals surface area contributed by atoms with Gasteiger partial charge in [-0.3, -0.25) is 9.11 Å². The lowest BCUT2D eigenvalue weighted by Gasteiger charge is -2.20. The highest BCUT2D eigenvalue weighted by Gasteiger charge is 2.27. The molecule has 2 N–H and O–H groups in total. The molecule has 14 heteroatoms. The Morgan fingerprint density at radius 3 is 2.46 bits per heavy atom. The summed E-state index contributed by atoms with van der Waals surface area (Å²) in [6, 6.07) is 9.58. The first kappa shape index (κ1) is 31.8. The van der Waals surface area contributed by atoms with E-state index in [1.165, 1.54) is 0 Å². The summed E-state index contributed by atoms with van der Waals surface area (Å²) in [5.74, 6) is 0.0785. The van der Waals surface area contributed by atoms with E-state index in [1.54, 1.807) is 30.2 Å². The van der Waals surface area contributed by atoms with Gasteiger partial charge in [0.2, 0.25) is 5.52 Å². The summed E-state index contributed by atoms with van der Waals surface area (Å²) in [5, 5.41) is 2.39. The normalized spacial score (nSPS) is 15.2. The Balaban J connectivity index is 1.74. The maximum Gasteiger partial charge on any atom is 0.265 e. The van der Waals surface area contributed by atoms with Gasteiger partial charge in [-0.2, -0.15) is 21.4 Å². The van der Waals surface area contributed by atoms with Crippen molar-refractivity contribution in [3.63, 3.8) is 0 Å². The van der Waals surface area contributed by atoms with Crippen molar-refractivity contribution in [2.24, 2.45) is 0 Å². The fraction of sp³-hybridized carbons (Fsp3) is 0.370. The van der Waals surface area contributed by atoms with Gasteiger partial charge in [-0.15, -0.1) is 0 Å². The van der Waals surface area contributed by atoms with Crippen LogP contribution in [0.15, 0.2) is 51.9 Å². The number of hydrogen-bond donors (Lipinski definition) is 2. The summed E-state index contributed by atoms with van der Waals surface area (Å²) >= 11 is 9.40. The van der Waals surface area contributed by atoms with Crippen molar-refractivity contribution >= 4 is 76.9 Å². The number of thiazole rings is 1. The molecule has 1 aliphatic rings. The van der Waals surface area contributed by atoms with Crippen LogP contribution in [0.4, 0.5) is 5.69 Å². The molecule has 0 radical (unpaired) electrons. The van der Waals surface area contributed by atoms with Gasteiger partial charge in [-0.05, 0) is 55.2 Å². The summed E-state index contributed by atoms with van der Waals surface area (Å²) in [7, 11) is -6.55. The van der Waals surface area contributed by atoms with Crippen LogP contribution in [0.2, 0.25) is 5.02 Å². The van der Waals surface area contributed by atoms with Gasteiger partial charge in [-0.25, -0.2) is 0 Å². The van der Waals surface area contributed by atoms with E-state index in [0.717, 1.165) is 47.7 Å². The number of aromatic nitrogens is 1. The van der Waals surface area contributed by atoms with E-state index in [1.807, 2.05) is 49.1 Å². The van der Waals surface area contributed by atoms with Gasteiger partial charge in [0, 0.05) is 41.1 Å². The first-order valence-electron chi connectivity index (χ1n) is 12.9. The second-order valence-corrected chi connectivity index (χ2v) is 15.3. The zero-order chi connectivity index (χ0) is 29.9. The van der Waals surface area contributed by atoms with Crippen LogP contribution in [0.1, 0.15) is 36.8 Å². The Morgan fingerprint density at radius 1 is 1.10 bits per heavy atom. The second kappa shape index (κ2) is 13.0. The molecule has 0 unspecified atom stereocenters. The molecule has 0 spiro atoms. The standard InChI is InChI=1S/C27H31ClN2O7S4/c1-4-19(14-26-30(10-6-12-41(34,35)36)22-16-20(28)7-8-24(22)38-26)15-27-29(9-5-11-40(31,32)33)21-13-18(2)23(37-3)17-25(21)39-27/h7-8,13-17H,4-6,9-12H2,1-3H3,(H-,31,32,33,34,35,36)/p+1. The van der Waals surface area contributed by atoms with E-state index in [2.05, 4.69) is 16.7 Å². The quantitative estimate of drug-likeness (QED) is 0.179. The van der Waals surface area contributed by atoms with Crippen LogP contribution in [0.5, 0.6) is 5.75 Å². The predicted molar refractivity (Wildman–Crippen MR) is 166 cm³/mol. The summed E-state index contributed by atoms with van der Waals surface area (Å²) < 4.78 is 72.5. The molecule has 41 heavy (non-hydrogen) atoms. The highest BCUT2D eigenvalue weighted by molar-refractivity contribution is 8.03. The zero-order valence-electron chi connectivity index (χ0n) is 22.8. The Kier molecular flexibility index (Phi) is 10.1. The summed E-state index contributed by atoms with van der Waals surface area (Å²) in [6.45, 7) is 4.76. The number of nitrogens with zero attached hydrogens (tertiary/aromatic N) is 2. The molecule has 2 aromatic carbocycles. The molecule has 2 heterocycles. The van der Waals surface area contributed by atoms with Gasteiger partial charge in [0.05, 0.1) is 29.3 Å². The number of hydrogen-bond acceptors (Lipinski definition) is 8. The van der Waals surface area contributed by atoms with E-state index < -0.39 is 20.2 Å². The first-order chi connectivity index (χ1) is 19.3. The molecule has 0 aliphatic carbocycles. The van der Waals surface area contributed by atoms with Crippen molar-refractivity contribution in [1.82, 2.24) is 0 Å². The fourth-order valence-corrected chi connectivity index (χ4v) is 8.05. The summed E-state index contributed by atoms with van der Waals surface area (Å²) in [6.07, 6.45) is 5.31. The number of methoxy groups -OCH3 is 1. The van der Waals surface area contributed by atoms with Crippen LogP contribution in [0, 0.1) is 6.92 Å². The summed E-state index contributed by atoms with van der Waals surface area (Å²) in [4.78, 5) is 3.01. The average Bonchev–Trinajstić information content (AvgIpc) is 3.38. The molecule has 0 amide bonds. The van der Waals surface area contributed by atoms with Crippen LogP contribution >= 0.6 is 34.7 Å². The molecule has 3 aromatic rings. The van der Waals surface area contributed by atoms with Gasteiger partial charge in [0.25, 0.3) is 25.2 Å². The first-order valence-corrected chi connectivity index (χ1v) is 18.1. The molecule has 9 nitrogen and oxygen atoms in total. The fourth-order valence-electron chi connectivity index (χ4n) is 4.58. The molecule has 1 aromatic heterocycles. The van der Waals surface area contributed by atoms with E-state index >= 15 is 0 Å². The highest BCUT2D eigenvalue weighted by atomic mass is 35.5. The van der Waals surface area contributed by atoms with Gasteiger partial charge >= 0.3 is 0 Å². The van der Waals surface area contributed by atoms with Crippen LogP contribution in [-0.2, 0) is 26.8 Å². The maximum absolute atomic E-state index is 11.4. The van der Waals surface area contributed by atoms with Crippen LogP contribution < -0.4 is 14.2 Å². The molecule has 222 valence electrons. The number of halogens is 1. The molecule has 0 saturated heterocycles. The second-order valence-electron chi connectivity index (χ2n) is 9.58. The van der Waals surface area contributed by atoms with Crippen LogP contribution in [0.3, 0.4) is 0 Å². The number of rotatable bonds is 12. The van der Waals surface area contributed by atoms with Gasteiger partial charge in [0.1, 0.15) is 10.4 Å². The molecule has 0 saturated carbocycles. The number of allylic oxidation sites excluding steroid dienone is 2. The third-order valence-corrected chi connectivity index (χ3v) is 10.6. The van der Waals surface area contributed by atoms with Crippen molar-refractivity contribution in [3.8, 4) is 5.75 Å². The number of aryl methyl sites for hydroxylation is 2. The minimum atomic E-state index is -4.08. The summed E-state index contributed by atoms with van der Waals surface area (Å²) in [5.41, 5.74) is 3.78. The highest BCUT2D eigenvalue weighted by Crippen LogP contribution is 2.47. The number of fused-ring (bicyclic) bond motifs is 2. The maximum atomic E-state index is 11.4. The zero-order valence-corrected chi connectivity index (χ0v) is 26.9. The lowest BCUT2D eigenvalue weighted by molar-refractivity contribution is -0.668. The van der Waals surface area contributed by atoms with Crippen molar-refractivity contribution in [3.05, 3.63) is 62.6 Å². The van der Waals surface area contributed by atoms with E-state index in [0.29, 0.717) is 24.5 Å². The third-order valence-electron chi connectivity index (χ3n) is 6.53. The Bertz CT molecular complexity index is 1730. The Labute approximate surface area is 254 Å². The predicted octanol–water partition coefficient (Wildman–Crippen LogP) is 5.96.